The number of amides is 2. The molecule has 0 unspecified atom stereocenters. The smallest absolute Gasteiger partial charge is 0.407 e. The van der Waals surface area contributed by atoms with E-state index in [1.54, 1.807) is 13.8 Å². The number of ether oxygens (including phenoxy) is 2. The summed E-state index contributed by atoms with van der Waals surface area (Å²) in [5.41, 5.74) is 4.50. The van der Waals surface area contributed by atoms with Crippen molar-refractivity contribution in [2.24, 2.45) is 5.92 Å². The van der Waals surface area contributed by atoms with Crippen LogP contribution in [0.1, 0.15) is 43.7 Å². The number of benzene rings is 2. The normalized spacial score (nSPS) is 13.7. The summed E-state index contributed by atoms with van der Waals surface area (Å²) in [7, 11) is 1.27. The van der Waals surface area contributed by atoms with E-state index < -0.39 is 30.1 Å². The number of rotatable bonds is 9. The first-order chi connectivity index (χ1) is 16.3. The Labute approximate surface area is 200 Å². The number of fused-ring (bicyclic) bond motifs is 3. The number of hydrogen-bond donors (Lipinski definition) is 2. The van der Waals surface area contributed by atoms with Crippen molar-refractivity contribution in [3.63, 3.8) is 0 Å². The molecule has 2 aromatic rings. The highest BCUT2D eigenvalue weighted by molar-refractivity contribution is 5.85. The van der Waals surface area contributed by atoms with Crippen LogP contribution in [-0.4, -0.2) is 43.8 Å². The SMILES string of the molecule is C#CC[C@@H](CC(=O)N[C@H](C(=O)OC)C(C)C)NC(=O)OCC1c2ccccc2-c2ccccc21. The summed E-state index contributed by atoms with van der Waals surface area (Å²) >= 11 is 0. The van der Waals surface area contributed by atoms with E-state index in [4.69, 9.17) is 15.9 Å². The first kappa shape index (κ1) is 24.8. The number of methoxy groups -OCH3 is 1. The van der Waals surface area contributed by atoms with E-state index in [-0.39, 0.29) is 31.3 Å². The van der Waals surface area contributed by atoms with Gasteiger partial charge in [-0.15, -0.1) is 12.3 Å². The lowest BCUT2D eigenvalue weighted by Crippen LogP contribution is -2.47. The third-order valence-corrected chi connectivity index (χ3v) is 5.90. The quantitative estimate of drug-likeness (QED) is 0.439. The van der Waals surface area contributed by atoms with Gasteiger partial charge in [0.05, 0.1) is 13.2 Å². The summed E-state index contributed by atoms with van der Waals surface area (Å²) in [5, 5.41) is 5.34. The van der Waals surface area contributed by atoms with Crippen LogP contribution >= 0.6 is 0 Å². The molecule has 1 aliphatic rings. The fourth-order valence-electron chi connectivity index (χ4n) is 4.20. The minimum absolute atomic E-state index is 0.0700. The summed E-state index contributed by atoms with van der Waals surface area (Å²) in [6.45, 7) is 3.76. The van der Waals surface area contributed by atoms with Gasteiger partial charge in [0.25, 0.3) is 0 Å². The Hall–Kier alpha value is -3.79. The molecule has 2 amide bonds. The first-order valence-corrected chi connectivity index (χ1v) is 11.3. The highest BCUT2D eigenvalue weighted by Crippen LogP contribution is 2.44. The second-order valence-corrected chi connectivity index (χ2v) is 8.59. The molecule has 7 heteroatoms. The molecular formula is C27H30N2O5. The molecule has 7 nitrogen and oxygen atoms in total. The van der Waals surface area contributed by atoms with Crippen LogP contribution < -0.4 is 10.6 Å². The van der Waals surface area contributed by atoms with E-state index in [9.17, 15) is 14.4 Å². The van der Waals surface area contributed by atoms with Crippen molar-refractivity contribution in [3.8, 4) is 23.5 Å². The van der Waals surface area contributed by atoms with E-state index in [1.807, 2.05) is 36.4 Å². The first-order valence-electron chi connectivity index (χ1n) is 11.3. The monoisotopic (exact) mass is 462 g/mol. The Morgan fingerprint density at radius 1 is 1.00 bits per heavy atom. The fraction of sp³-hybridized carbons (Fsp3) is 0.370. The van der Waals surface area contributed by atoms with Gasteiger partial charge >= 0.3 is 12.1 Å². The average Bonchev–Trinajstić information content (AvgIpc) is 3.14. The van der Waals surface area contributed by atoms with Gasteiger partial charge < -0.3 is 20.1 Å². The summed E-state index contributed by atoms with van der Waals surface area (Å²) < 4.78 is 10.3. The van der Waals surface area contributed by atoms with Crippen molar-refractivity contribution in [1.29, 1.82) is 0 Å². The lowest BCUT2D eigenvalue weighted by atomic mass is 9.98. The Morgan fingerprint density at radius 2 is 1.59 bits per heavy atom. The predicted molar refractivity (Wildman–Crippen MR) is 129 cm³/mol. The molecular weight excluding hydrogens is 432 g/mol. The Balaban J connectivity index is 1.60. The van der Waals surface area contributed by atoms with Crippen molar-refractivity contribution in [2.75, 3.05) is 13.7 Å². The Morgan fingerprint density at radius 3 is 2.12 bits per heavy atom. The van der Waals surface area contributed by atoms with Crippen LogP contribution in [0.15, 0.2) is 48.5 Å². The van der Waals surface area contributed by atoms with Crippen molar-refractivity contribution >= 4 is 18.0 Å². The van der Waals surface area contributed by atoms with Gasteiger partial charge in [-0.2, -0.15) is 0 Å². The van der Waals surface area contributed by atoms with Gasteiger partial charge in [-0.05, 0) is 28.2 Å². The van der Waals surface area contributed by atoms with Gasteiger partial charge in [-0.25, -0.2) is 9.59 Å². The molecule has 34 heavy (non-hydrogen) atoms. The van der Waals surface area contributed by atoms with E-state index in [1.165, 1.54) is 7.11 Å². The standard InChI is InChI=1S/C27H30N2O5/c1-5-10-18(15-24(30)29-25(17(2)3)26(31)33-4)28-27(32)34-16-23-21-13-8-6-11-19(21)20-12-7-9-14-22(20)23/h1,6-9,11-14,17-18,23,25H,10,15-16H2,2-4H3,(H,28,32)(H,29,30)/t18-,25-/m0/s1. The predicted octanol–water partition coefficient (Wildman–Crippen LogP) is 3.62. The average molecular weight is 463 g/mol. The maximum Gasteiger partial charge on any atom is 0.407 e. The third kappa shape index (κ3) is 5.76. The number of carbonyl (C=O) groups is 3. The third-order valence-electron chi connectivity index (χ3n) is 5.90. The highest BCUT2D eigenvalue weighted by Gasteiger charge is 2.30. The number of nitrogens with one attached hydrogen (secondary N) is 2. The lowest BCUT2D eigenvalue weighted by Gasteiger charge is -2.22. The van der Waals surface area contributed by atoms with Crippen molar-refractivity contribution in [1.82, 2.24) is 10.6 Å². The zero-order valence-electron chi connectivity index (χ0n) is 19.7. The second-order valence-electron chi connectivity index (χ2n) is 8.59. The van der Waals surface area contributed by atoms with E-state index in [0.717, 1.165) is 22.3 Å². The minimum atomic E-state index is -0.779. The number of terminal acetylenes is 1. The van der Waals surface area contributed by atoms with E-state index in [0.29, 0.717) is 0 Å². The maximum absolute atomic E-state index is 12.6. The number of esters is 1. The zero-order chi connectivity index (χ0) is 24.7. The molecule has 3 rings (SSSR count). The van der Waals surface area contributed by atoms with Gasteiger partial charge in [0.1, 0.15) is 12.6 Å². The van der Waals surface area contributed by atoms with Gasteiger partial charge in [0, 0.05) is 18.8 Å². The Kier molecular flexibility index (Phi) is 8.31. The van der Waals surface area contributed by atoms with Crippen LogP contribution in [0.4, 0.5) is 4.79 Å². The summed E-state index contributed by atoms with van der Waals surface area (Å²) in [4.78, 5) is 37.0. The Bertz CT molecular complexity index is 1040. The van der Waals surface area contributed by atoms with Crippen LogP contribution in [0.3, 0.4) is 0 Å². The molecule has 0 heterocycles. The largest absolute Gasteiger partial charge is 0.467 e. The van der Waals surface area contributed by atoms with Crippen molar-refractivity contribution in [3.05, 3.63) is 59.7 Å². The maximum atomic E-state index is 12.6. The van der Waals surface area contributed by atoms with E-state index in [2.05, 4.69) is 28.7 Å². The van der Waals surface area contributed by atoms with Gasteiger partial charge in [-0.1, -0.05) is 62.4 Å². The summed E-state index contributed by atoms with van der Waals surface area (Å²) in [6.07, 6.45) is 4.83. The molecule has 0 saturated heterocycles. The molecule has 0 aromatic heterocycles. The summed E-state index contributed by atoms with van der Waals surface area (Å²) in [5.74, 6) is 1.30. The van der Waals surface area contributed by atoms with Crippen LogP contribution in [0, 0.1) is 18.3 Å². The fourth-order valence-corrected chi connectivity index (χ4v) is 4.20. The van der Waals surface area contributed by atoms with Crippen molar-refractivity contribution < 1.29 is 23.9 Å². The number of alkyl carbamates (subject to hydrolysis) is 1. The number of hydrogen-bond acceptors (Lipinski definition) is 5. The summed E-state index contributed by atoms with van der Waals surface area (Å²) in [6, 6.07) is 14.7. The van der Waals surface area contributed by atoms with Crippen LogP contribution in [0.25, 0.3) is 11.1 Å². The van der Waals surface area contributed by atoms with Crippen LogP contribution in [0.2, 0.25) is 0 Å². The molecule has 2 aromatic carbocycles. The molecule has 0 spiro atoms. The van der Waals surface area contributed by atoms with Gasteiger partial charge in [-0.3, -0.25) is 4.79 Å². The van der Waals surface area contributed by atoms with Crippen LogP contribution in [0.5, 0.6) is 0 Å². The van der Waals surface area contributed by atoms with E-state index >= 15 is 0 Å². The molecule has 0 saturated carbocycles. The second kappa shape index (κ2) is 11.4. The molecule has 0 bridgehead atoms. The topological polar surface area (TPSA) is 93.7 Å². The molecule has 0 aliphatic heterocycles. The van der Waals surface area contributed by atoms with Gasteiger partial charge in [0.15, 0.2) is 0 Å². The molecule has 0 radical (unpaired) electrons. The number of carbonyl (C=O) groups excluding carboxylic acids is 3. The van der Waals surface area contributed by atoms with Crippen LogP contribution in [-0.2, 0) is 19.1 Å². The highest BCUT2D eigenvalue weighted by atomic mass is 16.5. The molecule has 1 aliphatic carbocycles. The molecule has 2 N–H and O–H groups in total. The molecule has 0 fully saturated rings. The van der Waals surface area contributed by atoms with Crippen molar-refractivity contribution in [2.45, 2.75) is 44.7 Å². The molecule has 178 valence electrons. The lowest BCUT2D eigenvalue weighted by molar-refractivity contribution is -0.146. The zero-order valence-corrected chi connectivity index (χ0v) is 19.7. The minimum Gasteiger partial charge on any atom is -0.467 e. The van der Waals surface area contributed by atoms with Gasteiger partial charge in [0.2, 0.25) is 5.91 Å². The molecule has 2 atom stereocenters.